The van der Waals surface area contributed by atoms with Crippen LogP contribution in [0.2, 0.25) is 0 Å². The third kappa shape index (κ3) is 3.11. The Hall–Kier alpha value is -1.33. The van der Waals surface area contributed by atoms with Crippen molar-refractivity contribution >= 4 is 17.3 Å². The molecule has 0 bridgehead atoms. The maximum absolute atomic E-state index is 10.9. The van der Waals surface area contributed by atoms with Gasteiger partial charge in [-0.1, -0.05) is 6.07 Å². The fraction of sp³-hybridized carbons (Fsp3) is 0.500. The maximum atomic E-state index is 10.9. The van der Waals surface area contributed by atoms with Crippen LogP contribution in [0.3, 0.4) is 0 Å². The van der Waals surface area contributed by atoms with Gasteiger partial charge >= 0.3 is 5.69 Å². The number of nitro benzene ring substituents is 1. The van der Waals surface area contributed by atoms with Crippen LogP contribution in [0.5, 0.6) is 5.75 Å². The first-order valence-corrected chi connectivity index (χ1v) is 6.32. The molecule has 1 aliphatic heterocycles. The van der Waals surface area contributed by atoms with Crippen LogP contribution in [0, 0.1) is 10.1 Å². The Morgan fingerprint density at radius 1 is 1.56 bits per heavy atom. The molecule has 18 heavy (non-hydrogen) atoms. The summed E-state index contributed by atoms with van der Waals surface area (Å²) < 4.78 is 11.0. The van der Waals surface area contributed by atoms with Crippen LogP contribution >= 0.6 is 11.6 Å². The largest absolute Gasteiger partial charge is 0.481 e. The summed E-state index contributed by atoms with van der Waals surface area (Å²) in [6.07, 6.45) is 1.64. The lowest BCUT2D eigenvalue weighted by molar-refractivity contribution is -0.386. The van der Waals surface area contributed by atoms with Crippen molar-refractivity contribution in [3.8, 4) is 5.75 Å². The highest BCUT2D eigenvalue weighted by atomic mass is 35.5. The number of hydrogen-bond acceptors (Lipinski definition) is 4. The van der Waals surface area contributed by atoms with Gasteiger partial charge in [-0.15, -0.1) is 11.6 Å². The smallest absolute Gasteiger partial charge is 0.310 e. The molecule has 0 saturated carbocycles. The van der Waals surface area contributed by atoms with Crippen molar-refractivity contribution < 1.29 is 14.4 Å². The number of alkyl halides is 1. The summed E-state index contributed by atoms with van der Waals surface area (Å²) in [4.78, 5) is 10.5. The Morgan fingerprint density at radius 2 is 2.39 bits per heavy atom. The standard InChI is InChI=1S/C12H14ClNO4/c13-7-9-3-4-11(14(15)16)12(6-9)18-10-2-1-5-17-8-10/h3-4,6,10H,1-2,5,7-8H2. The molecule has 5 nitrogen and oxygen atoms in total. The van der Waals surface area contributed by atoms with E-state index in [0.717, 1.165) is 25.0 Å². The van der Waals surface area contributed by atoms with Crippen molar-refractivity contribution in [2.24, 2.45) is 0 Å². The molecule has 1 aromatic rings. The van der Waals surface area contributed by atoms with Crippen molar-refractivity contribution in [1.82, 2.24) is 0 Å². The van der Waals surface area contributed by atoms with Gasteiger partial charge in [0.05, 0.1) is 11.5 Å². The minimum absolute atomic E-state index is 0.0329. The molecule has 0 amide bonds. The summed E-state index contributed by atoms with van der Waals surface area (Å²) in [7, 11) is 0. The molecule has 98 valence electrons. The zero-order chi connectivity index (χ0) is 13.0. The van der Waals surface area contributed by atoms with E-state index in [1.165, 1.54) is 6.07 Å². The van der Waals surface area contributed by atoms with E-state index >= 15 is 0 Å². The lowest BCUT2D eigenvalue weighted by Gasteiger charge is -2.23. The molecule has 0 radical (unpaired) electrons. The summed E-state index contributed by atoms with van der Waals surface area (Å²) in [6, 6.07) is 4.69. The van der Waals surface area contributed by atoms with Crippen LogP contribution in [-0.2, 0) is 10.6 Å². The van der Waals surface area contributed by atoms with Crippen LogP contribution in [0.25, 0.3) is 0 Å². The van der Waals surface area contributed by atoms with Gasteiger partial charge in [-0.05, 0) is 24.5 Å². The van der Waals surface area contributed by atoms with E-state index in [1.54, 1.807) is 12.1 Å². The van der Waals surface area contributed by atoms with Crippen molar-refractivity contribution in [1.29, 1.82) is 0 Å². The summed E-state index contributed by atoms with van der Waals surface area (Å²) in [5.41, 5.74) is 0.767. The molecular formula is C12H14ClNO4. The summed E-state index contributed by atoms with van der Waals surface area (Å²) >= 11 is 5.72. The zero-order valence-electron chi connectivity index (χ0n) is 9.80. The number of halogens is 1. The van der Waals surface area contributed by atoms with E-state index in [-0.39, 0.29) is 17.5 Å². The molecule has 1 unspecified atom stereocenters. The molecule has 0 N–H and O–H groups in total. The molecule has 0 spiro atoms. The van der Waals surface area contributed by atoms with Crippen molar-refractivity contribution in [3.63, 3.8) is 0 Å². The highest BCUT2D eigenvalue weighted by Crippen LogP contribution is 2.30. The summed E-state index contributed by atoms with van der Waals surface area (Å²) in [5.74, 6) is 0.573. The van der Waals surface area contributed by atoms with Crippen LogP contribution in [0.4, 0.5) is 5.69 Å². The monoisotopic (exact) mass is 271 g/mol. The number of nitrogens with zero attached hydrogens (tertiary/aromatic N) is 1. The van der Waals surface area contributed by atoms with Gasteiger partial charge in [0, 0.05) is 18.6 Å². The minimum atomic E-state index is -0.447. The molecule has 1 aromatic carbocycles. The molecule has 1 saturated heterocycles. The average Bonchev–Trinajstić information content (AvgIpc) is 2.39. The highest BCUT2D eigenvalue weighted by Gasteiger charge is 2.21. The Bertz CT molecular complexity index is 432. The topological polar surface area (TPSA) is 61.6 Å². The lowest BCUT2D eigenvalue weighted by Crippen LogP contribution is -2.28. The van der Waals surface area contributed by atoms with Crippen LogP contribution < -0.4 is 4.74 Å². The first-order valence-electron chi connectivity index (χ1n) is 5.78. The van der Waals surface area contributed by atoms with E-state index in [9.17, 15) is 10.1 Å². The minimum Gasteiger partial charge on any atom is -0.481 e. The quantitative estimate of drug-likeness (QED) is 0.480. The van der Waals surface area contributed by atoms with E-state index in [4.69, 9.17) is 21.1 Å². The second-order valence-electron chi connectivity index (χ2n) is 4.15. The van der Waals surface area contributed by atoms with Crippen molar-refractivity contribution in [2.45, 2.75) is 24.8 Å². The van der Waals surface area contributed by atoms with Gasteiger partial charge in [0.15, 0.2) is 5.75 Å². The number of nitro groups is 1. The second-order valence-corrected chi connectivity index (χ2v) is 4.42. The van der Waals surface area contributed by atoms with Crippen LogP contribution in [0.1, 0.15) is 18.4 Å². The number of ether oxygens (including phenoxy) is 2. The first kappa shape index (κ1) is 13.1. The van der Waals surface area contributed by atoms with Gasteiger partial charge in [0.25, 0.3) is 0 Å². The van der Waals surface area contributed by atoms with E-state index in [1.807, 2.05) is 0 Å². The van der Waals surface area contributed by atoms with Gasteiger partial charge < -0.3 is 9.47 Å². The molecule has 1 aliphatic rings. The molecule has 1 fully saturated rings. The Labute approximate surface area is 110 Å². The summed E-state index contributed by atoms with van der Waals surface area (Å²) in [6.45, 7) is 1.20. The van der Waals surface area contributed by atoms with Gasteiger partial charge in [0.1, 0.15) is 6.10 Å². The third-order valence-corrected chi connectivity index (χ3v) is 3.10. The molecule has 0 aliphatic carbocycles. The van der Waals surface area contributed by atoms with Gasteiger partial charge in [-0.2, -0.15) is 0 Å². The fourth-order valence-corrected chi connectivity index (χ4v) is 2.04. The SMILES string of the molecule is O=[N+]([O-])c1ccc(CCl)cc1OC1CCCOC1. The molecule has 1 heterocycles. The molecule has 2 rings (SSSR count). The van der Waals surface area contributed by atoms with Crippen LogP contribution in [0.15, 0.2) is 18.2 Å². The predicted molar refractivity (Wildman–Crippen MR) is 67.1 cm³/mol. The molecule has 0 aromatic heterocycles. The Morgan fingerprint density at radius 3 is 3.00 bits per heavy atom. The fourth-order valence-electron chi connectivity index (χ4n) is 1.87. The predicted octanol–water partition coefficient (Wildman–Crippen LogP) is 2.89. The Kier molecular flexibility index (Phi) is 4.38. The number of benzene rings is 1. The van der Waals surface area contributed by atoms with Gasteiger partial charge in [0.2, 0.25) is 0 Å². The van der Waals surface area contributed by atoms with Crippen molar-refractivity contribution in [2.75, 3.05) is 13.2 Å². The Balaban J connectivity index is 2.19. The normalized spacial score (nSPS) is 19.5. The van der Waals surface area contributed by atoms with E-state index in [2.05, 4.69) is 0 Å². The molecular weight excluding hydrogens is 258 g/mol. The second kappa shape index (κ2) is 6.02. The van der Waals surface area contributed by atoms with Gasteiger partial charge in [-0.3, -0.25) is 10.1 Å². The van der Waals surface area contributed by atoms with E-state index in [0.29, 0.717) is 12.5 Å². The van der Waals surface area contributed by atoms with Gasteiger partial charge in [-0.25, -0.2) is 0 Å². The molecule has 1 atom stereocenters. The van der Waals surface area contributed by atoms with Crippen LogP contribution in [-0.4, -0.2) is 24.2 Å². The van der Waals surface area contributed by atoms with Crippen molar-refractivity contribution in [3.05, 3.63) is 33.9 Å². The number of hydrogen-bond donors (Lipinski definition) is 0. The third-order valence-electron chi connectivity index (χ3n) is 2.79. The van der Waals surface area contributed by atoms with E-state index < -0.39 is 4.92 Å². The first-order chi connectivity index (χ1) is 8.70. The highest BCUT2D eigenvalue weighted by molar-refractivity contribution is 6.17. The average molecular weight is 272 g/mol. The number of rotatable bonds is 4. The maximum Gasteiger partial charge on any atom is 0.310 e. The zero-order valence-corrected chi connectivity index (χ0v) is 10.6. The summed E-state index contributed by atoms with van der Waals surface area (Å²) in [5, 5.41) is 10.9. The molecule has 6 heteroatoms. The lowest BCUT2D eigenvalue weighted by atomic mass is 10.1.